The molecule has 0 aliphatic heterocycles. The largest absolute Gasteiger partial charge is 0.495 e. The smallest absolute Gasteiger partial charge is 0.270 e. The van der Waals surface area contributed by atoms with Crippen molar-refractivity contribution >= 4 is 22.6 Å². The predicted molar refractivity (Wildman–Crippen MR) is 74.3 cm³/mol. The van der Waals surface area contributed by atoms with Gasteiger partial charge in [0.15, 0.2) is 5.12 Å². The minimum Gasteiger partial charge on any atom is -0.495 e. The Labute approximate surface area is 115 Å². The van der Waals surface area contributed by atoms with E-state index in [2.05, 4.69) is 11.8 Å². The predicted octanol–water partition coefficient (Wildman–Crippen LogP) is 2.62. The van der Waals surface area contributed by atoms with E-state index in [1.165, 1.54) is 44.0 Å². The normalized spacial score (nSPS) is 9.37. The number of ether oxygens (including phenoxy) is 1. The van der Waals surface area contributed by atoms with E-state index in [-0.39, 0.29) is 10.8 Å². The first kappa shape index (κ1) is 15.1. The SMILES string of the molecule is COc1ccc([N+](=O)[O-])cc1C#CCCSC(C)=O. The number of benzene rings is 1. The second kappa shape index (κ2) is 7.44. The second-order valence-electron chi connectivity index (χ2n) is 3.53. The molecule has 0 bridgehead atoms. The molecule has 0 aromatic heterocycles. The number of non-ortho nitro benzene ring substituents is 1. The Morgan fingerprint density at radius 3 is 2.84 bits per heavy atom. The van der Waals surface area contributed by atoms with Crippen LogP contribution in [-0.2, 0) is 4.79 Å². The second-order valence-corrected chi connectivity index (χ2v) is 4.81. The molecule has 0 fully saturated rings. The number of hydrogen-bond acceptors (Lipinski definition) is 5. The summed E-state index contributed by atoms with van der Waals surface area (Å²) in [5.74, 6) is 6.81. The number of hydrogen-bond donors (Lipinski definition) is 0. The molecule has 0 saturated carbocycles. The summed E-state index contributed by atoms with van der Waals surface area (Å²) in [6.45, 7) is 1.50. The van der Waals surface area contributed by atoms with E-state index >= 15 is 0 Å². The fourth-order valence-electron chi connectivity index (χ4n) is 1.31. The molecule has 19 heavy (non-hydrogen) atoms. The Morgan fingerprint density at radius 1 is 1.53 bits per heavy atom. The number of nitro groups is 1. The summed E-state index contributed by atoms with van der Waals surface area (Å²) in [6.07, 6.45) is 0.538. The van der Waals surface area contributed by atoms with Gasteiger partial charge >= 0.3 is 0 Å². The van der Waals surface area contributed by atoms with Gasteiger partial charge in [-0.25, -0.2) is 0 Å². The molecule has 6 heteroatoms. The minimum atomic E-state index is -0.476. The zero-order chi connectivity index (χ0) is 14.3. The molecular formula is C13H13NO4S. The first-order valence-electron chi connectivity index (χ1n) is 5.49. The number of nitro benzene ring substituents is 1. The number of methoxy groups -OCH3 is 1. The van der Waals surface area contributed by atoms with Gasteiger partial charge in [-0.1, -0.05) is 23.6 Å². The fraction of sp³-hybridized carbons (Fsp3) is 0.308. The van der Waals surface area contributed by atoms with Crippen molar-refractivity contribution in [3.05, 3.63) is 33.9 Å². The third-order valence-electron chi connectivity index (χ3n) is 2.15. The fourth-order valence-corrected chi connectivity index (χ4v) is 1.80. The van der Waals surface area contributed by atoms with Gasteiger partial charge in [-0.3, -0.25) is 14.9 Å². The standard InChI is InChI=1S/C13H13NO4S/c1-10(15)19-8-4-3-5-11-9-12(14(16)17)6-7-13(11)18-2/h6-7,9H,4,8H2,1-2H3. The summed E-state index contributed by atoms with van der Waals surface area (Å²) < 4.78 is 5.09. The lowest BCUT2D eigenvalue weighted by Gasteiger charge is -2.02. The van der Waals surface area contributed by atoms with Crippen LogP contribution in [0.4, 0.5) is 5.69 Å². The lowest BCUT2D eigenvalue weighted by Crippen LogP contribution is -1.92. The summed E-state index contributed by atoms with van der Waals surface area (Å²) in [7, 11) is 1.48. The first-order chi connectivity index (χ1) is 9.04. The van der Waals surface area contributed by atoms with E-state index in [1.807, 2.05) is 0 Å². The molecule has 0 unspecified atom stereocenters. The molecule has 0 amide bonds. The lowest BCUT2D eigenvalue weighted by molar-refractivity contribution is -0.384. The summed E-state index contributed by atoms with van der Waals surface area (Å²) in [5.41, 5.74) is 0.452. The van der Waals surface area contributed by atoms with Crippen LogP contribution >= 0.6 is 11.8 Å². The molecule has 0 spiro atoms. The van der Waals surface area contributed by atoms with E-state index in [1.54, 1.807) is 0 Å². The van der Waals surface area contributed by atoms with Crippen LogP contribution in [0.5, 0.6) is 5.75 Å². The third kappa shape index (κ3) is 5.02. The maximum Gasteiger partial charge on any atom is 0.270 e. The van der Waals surface area contributed by atoms with Crippen molar-refractivity contribution in [3.63, 3.8) is 0 Å². The zero-order valence-corrected chi connectivity index (χ0v) is 11.5. The number of rotatable bonds is 4. The average molecular weight is 279 g/mol. The Morgan fingerprint density at radius 2 is 2.26 bits per heavy atom. The van der Waals surface area contributed by atoms with Crippen LogP contribution in [0, 0.1) is 22.0 Å². The van der Waals surface area contributed by atoms with Gasteiger partial charge in [-0.05, 0) is 6.07 Å². The van der Waals surface area contributed by atoms with E-state index in [0.717, 1.165) is 0 Å². The topological polar surface area (TPSA) is 69.4 Å². The first-order valence-corrected chi connectivity index (χ1v) is 6.48. The van der Waals surface area contributed by atoms with E-state index in [9.17, 15) is 14.9 Å². The molecule has 1 rings (SSSR count). The highest BCUT2D eigenvalue weighted by Crippen LogP contribution is 2.22. The molecule has 1 aromatic carbocycles. The Balaban J connectivity index is 2.80. The van der Waals surface area contributed by atoms with Crippen molar-refractivity contribution < 1.29 is 14.5 Å². The van der Waals surface area contributed by atoms with Crippen molar-refractivity contribution in [3.8, 4) is 17.6 Å². The Hall–Kier alpha value is -2.00. The van der Waals surface area contributed by atoms with Crippen molar-refractivity contribution in [2.45, 2.75) is 13.3 Å². The van der Waals surface area contributed by atoms with E-state index in [4.69, 9.17) is 4.74 Å². The molecule has 0 N–H and O–H groups in total. The van der Waals surface area contributed by atoms with Crippen molar-refractivity contribution in [1.82, 2.24) is 0 Å². The van der Waals surface area contributed by atoms with Crippen LogP contribution in [0.15, 0.2) is 18.2 Å². The lowest BCUT2D eigenvalue weighted by atomic mass is 10.2. The summed E-state index contributed by atoms with van der Waals surface area (Å²) >= 11 is 1.20. The average Bonchev–Trinajstić information content (AvgIpc) is 2.37. The van der Waals surface area contributed by atoms with Crippen LogP contribution in [0.25, 0.3) is 0 Å². The van der Waals surface area contributed by atoms with Gasteiger partial charge in [-0.2, -0.15) is 0 Å². The third-order valence-corrected chi connectivity index (χ3v) is 2.96. The van der Waals surface area contributed by atoms with Crippen LogP contribution in [-0.4, -0.2) is 22.9 Å². The number of carbonyl (C=O) groups excluding carboxylic acids is 1. The molecule has 0 atom stereocenters. The molecule has 0 radical (unpaired) electrons. The Kier molecular flexibility index (Phi) is 5.90. The van der Waals surface area contributed by atoms with Crippen LogP contribution in [0.2, 0.25) is 0 Å². The molecule has 1 aromatic rings. The minimum absolute atomic E-state index is 0.0248. The van der Waals surface area contributed by atoms with Gasteiger partial charge in [0.05, 0.1) is 17.6 Å². The number of thioether (sulfide) groups is 1. The number of nitrogens with zero attached hydrogens (tertiary/aromatic N) is 1. The van der Waals surface area contributed by atoms with Gasteiger partial charge in [0.25, 0.3) is 5.69 Å². The highest BCUT2D eigenvalue weighted by atomic mass is 32.2. The molecular weight excluding hydrogens is 266 g/mol. The highest BCUT2D eigenvalue weighted by Gasteiger charge is 2.09. The van der Waals surface area contributed by atoms with Crippen molar-refractivity contribution in [2.24, 2.45) is 0 Å². The Bertz CT molecular complexity index is 545. The molecule has 0 saturated heterocycles. The van der Waals surface area contributed by atoms with Gasteiger partial charge in [0, 0.05) is 31.2 Å². The van der Waals surface area contributed by atoms with Crippen molar-refractivity contribution in [2.75, 3.05) is 12.9 Å². The van der Waals surface area contributed by atoms with Crippen molar-refractivity contribution in [1.29, 1.82) is 0 Å². The molecule has 0 aliphatic carbocycles. The molecule has 100 valence electrons. The van der Waals surface area contributed by atoms with Crippen LogP contribution in [0.3, 0.4) is 0 Å². The van der Waals surface area contributed by atoms with Gasteiger partial charge in [-0.15, -0.1) is 0 Å². The summed E-state index contributed by atoms with van der Waals surface area (Å²) in [4.78, 5) is 20.9. The number of carbonyl (C=O) groups is 1. The van der Waals surface area contributed by atoms with E-state index < -0.39 is 4.92 Å². The quantitative estimate of drug-likeness (QED) is 0.367. The molecule has 0 aliphatic rings. The van der Waals surface area contributed by atoms with Crippen LogP contribution in [0.1, 0.15) is 18.9 Å². The molecule has 0 heterocycles. The van der Waals surface area contributed by atoms with Gasteiger partial charge < -0.3 is 4.74 Å². The monoisotopic (exact) mass is 279 g/mol. The van der Waals surface area contributed by atoms with E-state index in [0.29, 0.717) is 23.5 Å². The summed E-state index contributed by atoms with van der Waals surface area (Å²) in [6, 6.07) is 4.27. The van der Waals surface area contributed by atoms with Crippen LogP contribution < -0.4 is 4.74 Å². The zero-order valence-electron chi connectivity index (χ0n) is 10.6. The van der Waals surface area contributed by atoms with Gasteiger partial charge in [0.1, 0.15) is 5.75 Å². The summed E-state index contributed by atoms with van der Waals surface area (Å²) in [5, 5.41) is 10.7. The molecule has 5 nitrogen and oxygen atoms in total. The maximum atomic E-state index is 10.7. The van der Waals surface area contributed by atoms with Gasteiger partial charge in [0.2, 0.25) is 0 Å². The highest BCUT2D eigenvalue weighted by molar-refractivity contribution is 8.13. The maximum absolute atomic E-state index is 10.7.